The molecule has 7 heteroatoms. The van der Waals surface area contributed by atoms with E-state index in [2.05, 4.69) is 20.9 Å². The van der Waals surface area contributed by atoms with Gasteiger partial charge in [-0.15, -0.1) is 11.3 Å². The van der Waals surface area contributed by atoms with E-state index in [1.54, 1.807) is 0 Å². The number of aromatic nitrogens is 1. The van der Waals surface area contributed by atoms with Crippen molar-refractivity contribution in [3.8, 4) is 0 Å². The summed E-state index contributed by atoms with van der Waals surface area (Å²) >= 11 is 4.76. The van der Waals surface area contributed by atoms with Crippen LogP contribution in [0.2, 0.25) is 0 Å². The molecule has 1 unspecified atom stereocenters. The summed E-state index contributed by atoms with van der Waals surface area (Å²) in [6.07, 6.45) is 0.602. The summed E-state index contributed by atoms with van der Waals surface area (Å²) in [7, 11) is 0. The summed E-state index contributed by atoms with van der Waals surface area (Å²) in [5.74, 6) is 0.231. The Balaban J connectivity index is 2.14. The van der Waals surface area contributed by atoms with E-state index in [-0.39, 0.29) is 12.0 Å². The van der Waals surface area contributed by atoms with Crippen molar-refractivity contribution < 1.29 is 14.3 Å². The van der Waals surface area contributed by atoms with Crippen molar-refractivity contribution in [3.63, 3.8) is 0 Å². The minimum Gasteiger partial charge on any atom is -0.439 e. The van der Waals surface area contributed by atoms with Gasteiger partial charge in [-0.2, -0.15) is 0 Å². The molecule has 17 heavy (non-hydrogen) atoms. The Morgan fingerprint density at radius 3 is 2.88 bits per heavy atom. The lowest BCUT2D eigenvalue weighted by atomic mass is 9.94. The second-order valence-electron chi connectivity index (χ2n) is 3.82. The maximum Gasteiger partial charge on any atom is 0.405 e. The monoisotopic (exact) mass is 320 g/mol. The summed E-state index contributed by atoms with van der Waals surface area (Å²) in [4.78, 5) is 15.3. The van der Waals surface area contributed by atoms with Crippen molar-refractivity contribution in [2.24, 2.45) is 11.7 Å². The quantitative estimate of drug-likeness (QED) is 0.928. The van der Waals surface area contributed by atoms with Crippen LogP contribution < -0.4 is 5.73 Å². The van der Waals surface area contributed by atoms with Crippen molar-refractivity contribution >= 4 is 33.4 Å². The fourth-order valence-corrected chi connectivity index (χ4v) is 3.27. The van der Waals surface area contributed by atoms with Crippen molar-refractivity contribution in [1.29, 1.82) is 0 Å². The number of thiazole rings is 1. The number of hydrogen-bond donors (Lipinski definition) is 1. The Kier molecular flexibility index (Phi) is 4.36. The van der Waals surface area contributed by atoms with Crippen LogP contribution in [-0.4, -0.2) is 24.3 Å². The molecular weight excluding hydrogens is 308 g/mol. The van der Waals surface area contributed by atoms with Crippen molar-refractivity contribution in [2.75, 3.05) is 13.2 Å². The molecule has 1 aromatic heterocycles. The average Bonchev–Trinajstić information content (AvgIpc) is 2.73. The van der Waals surface area contributed by atoms with Crippen LogP contribution in [0.25, 0.3) is 0 Å². The van der Waals surface area contributed by atoms with Crippen molar-refractivity contribution in [1.82, 2.24) is 4.98 Å². The lowest BCUT2D eigenvalue weighted by Crippen LogP contribution is -2.27. The highest BCUT2D eigenvalue weighted by molar-refractivity contribution is 9.10. The molecule has 0 spiro atoms. The van der Waals surface area contributed by atoms with E-state index in [9.17, 15) is 4.79 Å². The van der Waals surface area contributed by atoms with Crippen LogP contribution in [0.15, 0.2) is 9.98 Å². The van der Waals surface area contributed by atoms with Crippen molar-refractivity contribution in [3.05, 3.63) is 15.0 Å². The molecule has 0 bridgehead atoms. The van der Waals surface area contributed by atoms with Gasteiger partial charge in [-0.25, -0.2) is 9.78 Å². The lowest BCUT2D eigenvalue weighted by Gasteiger charge is -2.28. The summed E-state index contributed by atoms with van der Waals surface area (Å²) < 4.78 is 11.2. The first-order chi connectivity index (χ1) is 8.16. The van der Waals surface area contributed by atoms with E-state index in [1.807, 2.05) is 5.38 Å². The number of carbonyl (C=O) groups excluding carboxylic acids is 1. The van der Waals surface area contributed by atoms with E-state index in [0.29, 0.717) is 13.2 Å². The second kappa shape index (κ2) is 5.79. The first kappa shape index (κ1) is 12.8. The van der Waals surface area contributed by atoms with Crippen LogP contribution in [0.1, 0.15) is 24.0 Å². The molecule has 1 aromatic rings. The van der Waals surface area contributed by atoms with E-state index < -0.39 is 6.09 Å². The van der Waals surface area contributed by atoms with Crippen LogP contribution in [0.5, 0.6) is 0 Å². The van der Waals surface area contributed by atoms with Crippen LogP contribution >= 0.6 is 27.3 Å². The van der Waals surface area contributed by atoms with E-state index in [4.69, 9.17) is 15.2 Å². The highest BCUT2D eigenvalue weighted by Gasteiger charge is 2.30. The Morgan fingerprint density at radius 2 is 2.35 bits per heavy atom. The van der Waals surface area contributed by atoms with Gasteiger partial charge in [0.2, 0.25) is 0 Å². The Labute approximate surface area is 111 Å². The summed E-state index contributed by atoms with van der Waals surface area (Å²) in [5.41, 5.74) is 5.12. The number of ether oxygens (including phenoxy) is 2. The van der Waals surface area contributed by atoms with Crippen LogP contribution in [0.4, 0.5) is 4.79 Å². The number of rotatable bonds is 3. The molecule has 1 aliphatic rings. The molecule has 2 N–H and O–H groups in total. The SMILES string of the molecule is NC(=O)OC(c1nc(Br)cs1)C1CCOCC1. The predicted molar refractivity (Wildman–Crippen MR) is 66.8 cm³/mol. The van der Waals surface area contributed by atoms with Crippen LogP contribution in [0, 0.1) is 5.92 Å². The summed E-state index contributed by atoms with van der Waals surface area (Å²) in [6.45, 7) is 1.38. The first-order valence-corrected chi connectivity index (χ1v) is 6.99. The zero-order chi connectivity index (χ0) is 12.3. The Hall–Kier alpha value is -0.660. The van der Waals surface area contributed by atoms with Gasteiger partial charge in [0.1, 0.15) is 9.61 Å². The van der Waals surface area contributed by atoms with Gasteiger partial charge in [0.25, 0.3) is 0 Å². The lowest BCUT2D eigenvalue weighted by molar-refractivity contribution is -0.00105. The standard InChI is InChI=1S/C10H13BrN2O3S/c11-7-5-17-9(13-7)8(16-10(12)14)6-1-3-15-4-2-6/h5-6,8H,1-4H2,(H2,12,14). The highest BCUT2D eigenvalue weighted by atomic mass is 79.9. The third kappa shape index (κ3) is 3.40. The number of nitrogens with zero attached hydrogens (tertiary/aromatic N) is 1. The minimum absolute atomic E-state index is 0.231. The zero-order valence-corrected chi connectivity index (χ0v) is 11.5. The highest BCUT2D eigenvalue weighted by Crippen LogP contribution is 2.35. The molecule has 1 aliphatic heterocycles. The number of halogens is 1. The number of hydrogen-bond acceptors (Lipinski definition) is 5. The van der Waals surface area contributed by atoms with E-state index in [1.165, 1.54) is 11.3 Å². The maximum atomic E-state index is 11.0. The molecule has 0 saturated carbocycles. The molecule has 0 aliphatic carbocycles. The molecule has 0 aromatic carbocycles. The van der Waals surface area contributed by atoms with Gasteiger partial charge in [0.15, 0.2) is 6.10 Å². The number of carbonyl (C=O) groups is 1. The maximum absolute atomic E-state index is 11.0. The predicted octanol–water partition coefficient (Wildman–Crippen LogP) is 2.47. The Bertz CT molecular complexity index is 393. The van der Waals surface area contributed by atoms with Gasteiger partial charge in [-0.05, 0) is 28.8 Å². The molecule has 0 radical (unpaired) electrons. The summed E-state index contributed by atoms with van der Waals surface area (Å²) in [6, 6.07) is 0. The van der Waals surface area contributed by atoms with E-state index in [0.717, 1.165) is 22.5 Å². The summed E-state index contributed by atoms with van der Waals surface area (Å²) in [5, 5.41) is 2.65. The second-order valence-corrected chi connectivity index (χ2v) is 5.52. The molecule has 1 amide bonds. The fraction of sp³-hybridized carbons (Fsp3) is 0.600. The third-order valence-electron chi connectivity index (χ3n) is 2.67. The largest absolute Gasteiger partial charge is 0.439 e. The fourth-order valence-electron chi connectivity index (χ4n) is 1.89. The molecule has 2 rings (SSSR count). The average molecular weight is 321 g/mol. The molecule has 5 nitrogen and oxygen atoms in total. The van der Waals surface area contributed by atoms with Gasteiger partial charge in [0, 0.05) is 24.5 Å². The normalized spacial score (nSPS) is 18.9. The minimum atomic E-state index is -0.757. The van der Waals surface area contributed by atoms with Gasteiger partial charge < -0.3 is 15.2 Å². The molecule has 1 fully saturated rings. The molecule has 1 saturated heterocycles. The number of amides is 1. The van der Waals surface area contributed by atoms with Gasteiger partial charge in [-0.3, -0.25) is 0 Å². The van der Waals surface area contributed by atoms with Gasteiger partial charge in [0.05, 0.1) is 0 Å². The van der Waals surface area contributed by atoms with Gasteiger partial charge in [-0.1, -0.05) is 0 Å². The van der Waals surface area contributed by atoms with E-state index >= 15 is 0 Å². The number of primary amides is 1. The smallest absolute Gasteiger partial charge is 0.405 e. The molecule has 94 valence electrons. The first-order valence-electron chi connectivity index (χ1n) is 5.31. The molecule has 2 heterocycles. The topological polar surface area (TPSA) is 74.4 Å². The Morgan fingerprint density at radius 1 is 1.65 bits per heavy atom. The number of nitrogens with two attached hydrogens (primary N) is 1. The van der Waals surface area contributed by atoms with Gasteiger partial charge >= 0.3 is 6.09 Å². The zero-order valence-electron chi connectivity index (χ0n) is 9.10. The molecule has 1 atom stereocenters. The van der Waals surface area contributed by atoms with Crippen LogP contribution in [-0.2, 0) is 9.47 Å². The molecular formula is C10H13BrN2O3S. The van der Waals surface area contributed by atoms with Crippen LogP contribution in [0.3, 0.4) is 0 Å². The van der Waals surface area contributed by atoms with Crippen molar-refractivity contribution in [2.45, 2.75) is 18.9 Å². The third-order valence-corrected chi connectivity index (χ3v) is 4.29.